The van der Waals surface area contributed by atoms with E-state index >= 15 is 4.79 Å². The molecule has 0 atom stereocenters. The predicted octanol–water partition coefficient (Wildman–Crippen LogP) is 14.2. The Bertz CT molecular complexity index is 3170. The summed E-state index contributed by atoms with van der Waals surface area (Å²) in [5.41, 5.74) is 10.7. The van der Waals surface area contributed by atoms with Crippen molar-refractivity contribution in [3.63, 3.8) is 0 Å². The normalized spacial score (nSPS) is 11.2. The number of H-pyrrole nitrogens is 2. The summed E-state index contributed by atoms with van der Waals surface area (Å²) in [6.07, 6.45) is 0. The van der Waals surface area contributed by atoms with Crippen molar-refractivity contribution in [1.82, 2.24) is 9.97 Å². The van der Waals surface area contributed by atoms with Gasteiger partial charge in [0.15, 0.2) is 0 Å². The van der Waals surface area contributed by atoms with E-state index in [1.807, 2.05) is 206 Å². The Balaban J connectivity index is 1.08. The number of esters is 2. The number of nitrogens with one attached hydrogen (secondary N) is 2. The molecule has 10 aromatic rings. The van der Waals surface area contributed by atoms with Gasteiger partial charge < -0.3 is 24.2 Å². The van der Waals surface area contributed by atoms with Crippen LogP contribution < -0.4 is 0 Å². The van der Waals surface area contributed by atoms with E-state index in [0.717, 1.165) is 55.6 Å². The van der Waals surface area contributed by atoms with Crippen LogP contribution in [0.5, 0.6) is 0 Å². The highest BCUT2D eigenvalue weighted by Crippen LogP contribution is 2.45. The van der Waals surface area contributed by atoms with E-state index in [0.29, 0.717) is 22.5 Å². The third kappa shape index (κ3) is 9.19. The zero-order valence-corrected chi connectivity index (χ0v) is 37.8. The van der Waals surface area contributed by atoms with Gasteiger partial charge in [0.25, 0.3) is 0 Å². The Morgan fingerprint density at radius 2 is 0.623 bits per heavy atom. The average Bonchev–Trinajstić information content (AvgIpc) is 4.02. The van der Waals surface area contributed by atoms with Crippen molar-refractivity contribution < 1.29 is 23.8 Å². The van der Waals surface area contributed by atoms with Crippen LogP contribution in [0.1, 0.15) is 54.6 Å². The quantitative estimate of drug-likeness (QED) is 0.0744. The first kappa shape index (κ1) is 44.1. The fraction of sp³-hybridized carbons (Fsp3) is 0.0645. The highest BCUT2D eigenvalue weighted by atomic mass is 16.5. The largest absolute Gasteiger partial charge is 0.456 e. The number of aromatic nitrogens is 2. The molecule has 0 amide bonds. The molecule has 7 heteroatoms. The lowest BCUT2D eigenvalue weighted by Crippen LogP contribution is -2.33. The van der Waals surface area contributed by atoms with Gasteiger partial charge in [0.2, 0.25) is 0 Å². The molecule has 0 radical (unpaired) electrons. The number of hydrogen-bond acceptors (Lipinski definition) is 5. The van der Waals surface area contributed by atoms with Gasteiger partial charge in [-0.3, -0.25) is 0 Å². The van der Waals surface area contributed by atoms with Crippen LogP contribution in [0, 0.1) is 0 Å². The van der Waals surface area contributed by atoms with Gasteiger partial charge in [0, 0.05) is 22.3 Å². The fourth-order valence-electron chi connectivity index (χ4n) is 9.21. The van der Waals surface area contributed by atoms with Gasteiger partial charge in [-0.05, 0) is 44.5 Å². The average molecular weight is 901 g/mol. The lowest BCUT2D eigenvalue weighted by molar-refractivity contribution is -0.00107. The third-order valence-electron chi connectivity index (χ3n) is 12.3. The Labute approximate surface area is 401 Å². The molecule has 0 bridgehead atoms. The molecule has 0 aliphatic rings. The van der Waals surface area contributed by atoms with Gasteiger partial charge in [-0.1, -0.05) is 243 Å². The van der Waals surface area contributed by atoms with Crippen LogP contribution in [-0.4, -0.2) is 21.9 Å². The molecule has 0 unspecified atom stereocenters. The molecular weight excluding hydrogens is 853 g/mol. The second-order valence-corrected chi connectivity index (χ2v) is 16.6. The minimum Gasteiger partial charge on any atom is -0.456 e. The van der Waals surface area contributed by atoms with Crippen molar-refractivity contribution in [3.8, 4) is 44.5 Å². The molecular formula is C62H48N2O5. The van der Waals surface area contributed by atoms with Gasteiger partial charge in [0.05, 0.1) is 18.0 Å². The van der Waals surface area contributed by atoms with Crippen molar-refractivity contribution in [3.05, 3.63) is 288 Å². The summed E-state index contributed by atoms with van der Waals surface area (Å²) in [6, 6.07) is 79.7. The number of carbonyl (C=O) groups excluding carboxylic acids is 2. The molecule has 0 aliphatic heterocycles. The number of hydrogen-bond donors (Lipinski definition) is 2. The Kier molecular flexibility index (Phi) is 13.0. The van der Waals surface area contributed by atoms with Gasteiger partial charge >= 0.3 is 11.9 Å². The lowest BCUT2D eigenvalue weighted by Gasteiger charge is -2.36. The summed E-state index contributed by atoms with van der Waals surface area (Å²) in [5, 5.41) is 0. The standard InChI is InChI=1S/C62H48N2O5/c65-60(67-41-44-25-9-1-10-26-44)58-56(47-31-15-4-16-32-47)54(45-27-11-2-12-28-45)52(63-58)42-68-61(66)59-57(48-33-17-5-18-34-48)55(46-29-13-3-14-30-46)53(64-59)43-69-62(49-35-19-6-20-36-49,50-37-21-7-22-38-50)51-39-23-8-24-40-51/h1-40,63-64H,41-43H2. The summed E-state index contributed by atoms with van der Waals surface area (Å²) < 4.78 is 19.8. The molecule has 2 aromatic heterocycles. The van der Waals surface area contributed by atoms with Crippen molar-refractivity contribution in [2.75, 3.05) is 0 Å². The maximum absolute atomic E-state index is 15.1. The zero-order valence-electron chi connectivity index (χ0n) is 37.8. The number of carbonyl (C=O) groups is 2. The van der Waals surface area contributed by atoms with Crippen LogP contribution >= 0.6 is 0 Å². The van der Waals surface area contributed by atoms with E-state index in [4.69, 9.17) is 14.2 Å². The number of benzene rings is 8. The van der Waals surface area contributed by atoms with Gasteiger partial charge in [-0.2, -0.15) is 0 Å². The summed E-state index contributed by atoms with van der Waals surface area (Å²) >= 11 is 0. The summed E-state index contributed by atoms with van der Waals surface area (Å²) in [5.74, 6) is -1.11. The summed E-state index contributed by atoms with van der Waals surface area (Å²) in [4.78, 5) is 36.2. The highest BCUT2D eigenvalue weighted by Gasteiger charge is 2.39. The van der Waals surface area contributed by atoms with E-state index in [1.165, 1.54) is 0 Å². The number of aromatic amines is 2. The van der Waals surface area contributed by atoms with Crippen LogP contribution in [0.2, 0.25) is 0 Å². The fourth-order valence-corrected chi connectivity index (χ4v) is 9.21. The molecule has 2 heterocycles. The molecule has 336 valence electrons. The molecule has 0 aliphatic carbocycles. The van der Waals surface area contributed by atoms with Gasteiger partial charge in [-0.15, -0.1) is 0 Å². The number of ether oxygens (including phenoxy) is 3. The molecule has 0 fully saturated rings. The molecule has 2 N–H and O–H groups in total. The van der Waals surface area contributed by atoms with Gasteiger partial charge in [0.1, 0.15) is 30.2 Å². The Morgan fingerprint density at radius 1 is 0.333 bits per heavy atom. The molecule has 10 rings (SSSR count). The summed E-state index contributed by atoms with van der Waals surface area (Å²) in [7, 11) is 0. The minimum absolute atomic E-state index is 0.0830. The Morgan fingerprint density at radius 3 is 0.986 bits per heavy atom. The van der Waals surface area contributed by atoms with E-state index in [9.17, 15) is 4.79 Å². The second-order valence-electron chi connectivity index (χ2n) is 16.6. The van der Waals surface area contributed by atoms with Crippen molar-refractivity contribution >= 4 is 11.9 Å². The SMILES string of the molecule is O=C(OCc1ccccc1)c1[nH]c(COC(=O)c2[nH]c(COC(c3ccccc3)(c3ccccc3)c3ccccc3)c(-c3ccccc3)c2-c2ccccc2)c(-c2ccccc2)c1-c1ccccc1. The lowest BCUT2D eigenvalue weighted by atomic mass is 9.80. The van der Waals surface area contributed by atoms with Crippen LogP contribution in [0.3, 0.4) is 0 Å². The number of rotatable bonds is 16. The maximum Gasteiger partial charge on any atom is 0.355 e. The maximum atomic E-state index is 15.1. The van der Waals surface area contributed by atoms with E-state index in [1.54, 1.807) is 0 Å². The Hall–Kier alpha value is -8.78. The molecule has 0 saturated carbocycles. The van der Waals surface area contributed by atoms with Gasteiger partial charge in [-0.25, -0.2) is 9.59 Å². The third-order valence-corrected chi connectivity index (χ3v) is 12.3. The summed E-state index contributed by atoms with van der Waals surface area (Å²) in [6.45, 7) is -0.0145. The van der Waals surface area contributed by atoms with Crippen LogP contribution in [-0.2, 0) is 39.6 Å². The molecule has 0 saturated heterocycles. The topological polar surface area (TPSA) is 93.4 Å². The van der Waals surface area contributed by atoms with E-state index in [2.05, 4.69) is 46.4 Å². The van der Waals surface area contributed by atoms with Crippen molar-refractivity contribution in [1.29, 1.82) is 0 Å². The van der Waals surface area contributed by atoms with Crippen molar-refractivity contribution in [2.45, 2.75) is 25.4 Å². The zero-order chi connectivity index (χ0) is 46.8. The van der Waals surface area contributed by atoms with E-state index < -0.39 is 17.5 Å². The predicted molar refractivity (Wildman–Crippen MR) is 272 cm³/mol. The first-order valence-electron chi connectivity index (χ1n) is 23.0. The van der Waals surface area contributed by atoms with E-state index in [-0.39, 0.29) is 31.2 Å². The monoisotopic (exact) mass is 900 g/mol. The minimum atomic E-state index is -1.03. The highest BCUT2D eigenvalue weighted by molar-refractivity contribution is 6.04. The first-order chi connectivity index (χ1) is 34.1. The van der Waals surface area contributed by atoms with Crippen molar-refractivity contribution in [2.24, 2.45) is 0 Å². The smallest absolute Gasteiger partial charge is 0.355 e. The van der Waals surface area contributed by atoms with Crippen LogP contribution in [0.4, 0.5) is 0 Å². The van der Waals surface area contributed by atoms with Crippen LogP contribution in [0.25, 0.3) is 44.5 Å². The molecule has 0 spiro atoms. The molecule has 69 heavy (non-hydrogen) atoms. The van der Waals surface area contributed by atoms with Crippen LogP contribution in [0.15, 0.2) is 243 Å². The first-order valence-corrected chi connectivity index (χ1v) is 23.0. The second kappa shape index (κ2) is 20.4. The molecule has 7 nitrogen and oxygen atoms in total. The molecule has 8 aromatic carbocycles.